The largest absolute Gasteiger partial charge is 0.313 e. The molecule has 0 unspecified atom stereocenters. The van der Waals surface area contributed by atoms with Crippen molar-refractivity contribution in [1.82, 2.24) is 10.3 Å². The van der Waals surface area contributed by atoms with Gasteiger partial charge in [0, 0.05) is 13.1 Å². The average Bonchev–Trinajstić information content (AvgIpc) is 2.36. The third kappa shape index (κ3) is 3.20. The highest BCUT2D eigenvalue weighted by molar-refractivity contribution is 6.00. The monoisotopic (exact) mass is 230 g/mol. The number of rotatable bonds is 0. The second kappa shape index (κ2) is 5.68. The molecule has 1 aromatic heterocycles. The molecule has 2 bridgehead atoms. The van der Waals surface area contributed by atoms with Crippen LogP contribution in [0.5, 0.6) is 0 Å². The molecule has 0 aromatic carbocycles. The van der Waals surface area contributed by atoms with Crippen LogP contribution >= 0.6 is 0 Å². The molecule has 4 nitrogen and oxygen atoms in total. The molecule has 0 radical (unpaired) electrons. The summed E-state index contributed by atoms with van der Waals surface area (Å²) in [5.41, 5.74) is 3.86. The number of aliphatic imine (C=N–C) groups is 2. The fourth-order valence-electron chi connectivity index (χ4n) is 1.73. The van der Waals surface area contributed by atoms with Crippen LogP contribution in [0, 0.1) is 0 Å². The Morgan fingerprint density at radius 1 is 0.941 bits per heavy atom. The van der Waals surface area contributed by atoms with Gasteiger partial charge in [0.25, 0.3) is 0 Å². The van der Waals surface area contributed by atoms with Gasteiger partial charge in [0.15, 0.2) is 0 Å². The number of hydrogen-bond donors (Lipinski definition) is 1. The first kappa shape index (κ1) is 11.9. The lowest BCUT2D eigenvalue weighted by molar-refractivity contribution is 0.697. The fourth-order valence-corrected chi connectivity index (χ4v) is 1.73. The van der Waals surface area contributed by atoms with Crippen molar-refractivity contribution < 1.29 is 0 Å². The summed E-state index contributed by atoms with van der Waals surface area (Å²) in [6, 6.07) is 6.00. The molecule has 90 valence electrons. The first-order valence-electron chi connectivity index (χ1n) is 5.98. The van der Waals surface area contributed by atoms with Crippen LogP contribution < -0.4 is 5.32 Å². The van der Waals surface area contributed by atoms with Gasteiger partial charge in [0.1, 0.15) is 0 Å². The molecule has 1 N–H and O–H groups in total. The van der Waals surface area contributed by atoms with Crippen molar-refractivity contribution in [2.45, 2.75) is 13.8 Å². The van der Waals surface area contributed by atoms with E-state index in [2.05, 4.69) is 20.3 Å². The van der Waals surface area contributed by atoms with Crippen LogP contribution in [0.4, 0.5) is 0 Å². The Kier molecular flexibility index (Phi) is 3.98. The second-order valence-corrected chi connectivity index (χ2v) is 4.09. The van der Waals surface area contributed by atoms with Crippen molar-refractivity contribution in [3.63, 3.8) is 0 Å². The molecule has 0 fully saturated rings. The van der Waals surface area contributed by atoms with Gasteiger partial charge in [-0.05, 0) is 26.0 Å². The Balaban J connectivity index is 2.37. The SMILES string of the molecule is CC1=NCCNCCN=C(C)c2cccc1n2. The molecule has 2 heterocycles. The average molecular weight is 230 g/mol. The van der Waals surface area contributed by atoms with Crippen molar-refractivity contribution >= 4 is 11.4 Å². The molecular weight excluding hydrogens is 212 g/mol. The highest BCUT2D eigenvalue weighted by atomic mass is 14.9. The molecule has 0 saturated heterocycles. The summed E-state index contributed by atoms with van der Waals surface area (Å²) in [6.07, 6.45) is 0. The van der Waals surface area contributed by atoms with E-state index in [0.717, 1.165) is 49.0 Å². The molecule has 0 amide bonds. The predicted octanol–water partition coefficient (Wildman–Crippen LogP) is 1.30. The molecule has 1 aliphatic heterocycles. The summed E-state index contributed by atoms with van der Waals surface area (Å²) in [6.45, 7) is 7.38. The maximum absolute atomic E-state index is 4.59. The van der Waals surface area contributed by atoms with Gasteiger partial charge in [-0.1, -0.05) is 6.07 Å². The highest BCUT2D eigenvalue weighted by Gasteiger charge is 2.04. The minimum Gasteiger partial charge on any atom is -0.313 e. The summed E-state index contributed by atoms with van der Waals surface area (Å²) in [5.74, 6) is 0. The fraction of sp³-hybridized carbons (Fsp3) is 0.462. The molecule has 17 heavy (non-hydrogen) atoms. The van der Waals surface area contributed by atoms with Crippen LogP contribution in [0.15, 0.2) is 28.2 Å². The molecule has 0 spiro atoms. The number of pyridine rings is 1. The lowest BCUT2D eigenvalue weighted by Crippen LogP contribution is -2.22. The minimum atomic E-state index is 0.792. The third-order valence-electron chi connectivity index (χ3n) is 2.77. The van der Waals surface area contributed by atoms with E-state index in [0.29, 0.717) is 0 Å². The van der Waals surface area contributed by atoms with E-state index in [1.807, 2.05) is 32.0 Å². The van der Waals surface area contributed by atoms with E-state index < -0.39 is 0 Å². The Morgan fingerprint density at radius 2 is 1.47 bits per heavy atom. The van der Waals surface area contributed by atoms with E-state index in [1.54, 1.807) is 0 Å². The third-order valence-corrected chi connectivity index (χ3v) is 2.77. The van der Waals surface area contributed by atoms with Gasteiger partial charge in [-0.15, -0.1) is 0 Å². The van der Waals surface area contributed by atoms with Crippen LogP contribution in [0.25, 0.3) is 0 Å². The lowest BCUT2D eigenvalue weighted by Gasteiger charge is -2.07. The maximum atomic E-state index is 4.59. The predicted molar refractivity (Wildman–Crippen MR) is 71.3 cm³/mol. The van der Waals surface area contributed by atoms with Crippen molar-refractivity contribution in [1.29, 1.82) is 0 Å². The Hall–Kier alpha value is -1.55. The summed E-state index contributed by atoms with van der Waals surface area (Å²) in [7, 11) is 0. The number of nitrogens with one attached hydrogen (secondary N) is 1. The number of nitrogens with zero attached hydrogens (tertiary/aromatic N) is 3. The molecular formula is C13H18N4. The molecule has 1 aliphatic rings. The standard InChI is InChI=1S/C13H18N4/c1-10-12-4-3-5-13(17-12)11(2)16-9-7-14-6-8-15-10/h3-5,14H,6-9H2,1-2H3. The van der Waals surface area contributed by atoms with Gasteiger partial charge < -0.3 is 5.32 Å². The summed E-state index contributed by atoms with van der Waals surface area (Å²) in [4.78, 5) is 13.6. The van der Waals surface area contributed by atoms with Gasteiger partial charge in [-0.2, -0.15) is 0 Å². The molecule has 4 heteroatoms. The maximum Gasteiger partial charge on any atom is 0.0845 e. The summed E-state index contributed by atoms with van der Waals surface area (Å²) >= 11 is 0. The van der Waals surface area contributed by atoms with Gasteiger partial charge in [-0.3, -0.25) is 9.98 Å². The quantitative estimate of drug-likeness (QED) is 0.730. The zero-order valence-electron chi connectivity index (χ0n) is 10.4. The number of aromatic nitrogens is 1. The number of hydrogen-bond acceptors (Lipinski definition) is 4. The van der Waals surface area contributed by atoms with E-state index in [-0.39, 0.29) is 0 Å². The van der Waals surface area contributed by atoms with E-state index in [4.69, 9.17) is 0 Å². The zero-order chi connectivity index (χ0) is 12.1. The molecule has 0 aliphatic carbocycles. The minimum absolute atomic E-state index is 0.792. The van der Waals surface area contributed by atoms with E-state index in [1.165, 1.54) is 0 Å². The topological polar surface area (TPSA) is 49.6 Å². The smallest absolute Gasteiger partial charge is 0.0845 e. The van der Waals surface area contributed by atoms with Gasteiger partial charge >= 0.3 is 0 Å². The first-order chi connectivity index (χ1) is 8.27. The Morgan fingerprint density at radius 3 is 2.00 bits per heavy atom. The summed E-state index contributed by atoms with van der Waals surface area (Å²) < 4.78 is 0. The normalized spacial score (nSPS) is 17.5. The van der Waals surface area contributed by atoms with Crippen LogP contribution in [0.3, 0.4) is 0 Å². The molecule has 2 rings (SSSR count). The highest BCUT2D eigenvalue weighted by Crippen LogP contribution is 2.03. The molecule has 1 aromatic rings. The Bertz CT molecular complexity index is 411. The van der Waals surface area contributed by atoms with Crippen molar-refractivity contribution in [3.8, 4) is 0 Å². The van der Waals surface area contributed by atoms with Crippen molar-refractivity contribution in [2.24, 2.45) is 9.98 Å². The lowest BCUT2D eigenvalue weighted by atomic mass is 10.2. The van der Waals surface area contributed by atoms with Crippen molar-refractivity contribution in [3.05, 3.63) is 29.6 Å². The second-order valence-electron chi connectivity index (χ2n) is 4.09. The van der Waals surface area contributed by atoms with E-state index >= 15 is 0 Å². The van der Waals surface area contributed by atoms with Gasteiger partial charge in [-0.25, -0.2) is 4.98 Å². The van der Waals surface area contributed by atoms with Gasteiger partial charge in [0.2, 0.25) is 0 Å². The van der Waals surface area contributed by atoms with Crippen LogP contribution in [-0.2, 0) is 0 Å². The van der Waals surface area contributed by atoms with Crippen molar-refractivity contribution in [2.75, 3.05) is 26.2 Å². The Labute approximate surface area is 102 Å². The van der Waals surface area contributed by atoms with Crippen LogP contribution in [0.1, 0.15) is 25.2 Å². The van der Waals surface area contributed by atoms with Crippen LogP contribution in [-0.4, -0.2) is 42.6 Å². The number of fused-ring (bicyclic) bond motifs is 2. The van der Waals surface area contributed by atoms with E-state index in [9.17, 15) is 0 Å². The van der Waals surface area contributed by atoms with Gasteiger partial charge in [0.05, 0.1) is 35.9 Å². The van der Waals surface area contributed by atoms with Crippen LogP contribution in [0.2, 0.25) is 0 Å². The zero-order valence-corrected chi connectivity index (χ0v) is 10.4. The molecule has 0 atom stereocenters. The summed E-state index contributed by atoms with van der Waals surface area (Å²) in [5, 5.41) is 3.32. The first-order valence-corrected chi connectivity index (χ1v) is 5.98. The molecule has 0 saturated carbocycles.